The van der Waals surface area contributed by atoms with Crippen LogP contribution in [-0.2, 0) is 0 Å². The van der Waals surface area contributed by atoms with Crippen LogP contribution < -0.4 is 4.74 Å². The molecule has 2 aromatic heterocycles. The summed E-state index contributed by atoms with van der Waals surface area (Å²) in [6.07, 6.45) is 4.08. The molecule has 4 aromatic rings. The lowest BCUT2D eigenvalue weighted by Crippen LogP contribution is -2.47. The second kappa shape index (κ2) is 8.58. The third kappa shape index (κ3) is 4.03. The summed E-state index contributed by atoms with van der Waals surface area (Å²) in [5, 5.41) is 13.8. The number of piperidine rings is 1. The van der Waals surface area contributed by atoms with E-state index in [0.29, 0.717) is 31.2 Å². The fourth-order valence-corrected chi connectivity index (χ4v) is 7.15. The summed E-state index contributed by atoms with van der Waals surface area (Å²) in [4.78, 5) is 10.8. The lowest BCUT2D eigenvalue weighted by molar-refractivity contribution is 0.0321. The first-order valence-electron chi connectivity index (χ1n) is 11.7. The summed E-state index contributed by atoms with van der Waals surface area (Å²) in [5.74, 6) is 1.31. The number of benzene rings is 2. The number of H-pyrrole nitrogens is 1. The van der Waals surface area contributed by atoms with Gasteiger partial charge in [-0.15, -0.1) is 11.3 Å². The SMILES string of the molecule is Cc1cc2c(OC[C@@H](O)CN3[C@@H]4CC[C@H]3CC(c3nc5c(Cl)cccc5s3)C4)cccc2[nH]1. The molecule has 7 heteroatoms. The maximum atomic E-state index is 10.8. The van der Waals surface area contributed by atoms with E-state index < -0.39 is 6.10 Å². The van der Waals surface area contributed by atoms with Crippen LogP contribution in [0.3, 0.4) is 0 Å². The molecule has 4 atom stereocenters. The van der Waals surface area contributed by atoms with Crippen LogP contribution in [0.5, 0.6) is 5.75 Å². The van der Waals surface area contributed by atoms with Crippen molar-refractivity contribution in [3.8, 4) is 5.75 Å². The van der Waals surface area contributed by atoms with Gasteiger partial charge in [-0.05, 0) is 62.9 Å². The predicted molar refractivity (Wildman–Crippen MR) is 135 cm³/mol. The molecule has 2 saturated heterocycles. The average molecular weight is 482 g/mol. The van der Waals surface area contributed by atoms with Crippen molar-refractivity contribution < 1.29 is 9.84 Å². The normalized spacial score (nSPS) is 24.0. The molecule has 5 nitrogen and oxygen atoms in total. The fourth-order valence-electron chi connectivity index (χ4n) is 5.76. The molecule has 2 aliphatic rings. The van der Waals surface area contributed by atoms with Crippen LogP contribution in [-0.4, -0.2) is 51.3 Å². The Morgan fingerprint density at radius 3 is 2.79 bits per heavy atom. The Balaban J connectivity index is 1.10. The van der Waals surface area contributed by atoms with E-state index in [2.05, 4.69) is 22.0 Å². The molecule has 0 aliphatic carbocycles. The van der Waals surface area contributed by atoms with E-state index >= 15 is 0 Å². The third-order valence-electron chi connectivity index (χ3n) is 7.23. The molecule has 0 amide bonds. The monoisotopic (exact) mass is 481 g/mol. The number of fused-ring (bicyclic) bond motifs is 4. The first-order chi connectivity index (χ1) is 16.0. The number of nitrogens with one attached hydrogen (secondary N) is 1. The van der Waals surface area contributed by atoms with Gasteiger partial charge >= 0.3 is 0 Å². The summed E-state index contributed by atoms with van der Waals surface area (Å²) in [6, 6.07) is 15.1. The zero-order valence-electron chi connectivity index (χ0n) is 18.6. The Morgan fingerprint density at radius 1 is 1.21 bits per heavy atom. The van der Waals surface area contributed by atoms with Crippen molar-refractivity contribution in [2.45, 2.75) is 56.7 Å². The molecule has 0 spiro atoms. The van der Waals surface area contributed by atoms with Crippen molar-refractivity contribution in [1.82, 2.24) is 14.9 Å². The molecule has 172 valence electrons. The van der Waals surface area contributed by atoms with Crippen LogP contribution >= 0.6 is 22.9 Å². The van der Waals surface area contributed by atoms with E-state index in [1.165, 1.54) is 22.5 Å². The minimum absolute atomic E-state index is 0.305. The van der Waals surface area contributed by atoms with E-state index in [1.807, 2.05) is 37.3 Å². The van der Waals surface area contributed by atoms with Crippen LogP contribution in [0, 0.1) is 6.92 Å². The van der Waals surface area contributed by atoms with Crippen molar-refractivity contribution in [3.63, 3.8) is 0 Å². The van der Waals surface area contributed by atoms with Gasteiger partial charge in [-0.3, -0.25) is 4.90 Å². The first kappa shape index (κ1) is 21.4. The molecule has 6 rings (SSSR count). The second-order valence-corrected chi connectivity index (χ2v) is 11.0. The van der Waals surface area contributed by atoms with E-state index in [0.717, 1.165) is 45.7 Å². The number of aliphatic hydroxyl groups is 1. The summed E-state index contributed by atoms with van der Waals surface area (Å²) >= 11 is 8.15. The number of halogens is 1. The second-order valence-electron chi connectivity index (χ2n) is 9.52. The molecule has 2 aromatic carbocycles. The Morgan fingerprint density at radius 2 is 2.00 bits per heavy atom. The van der Waals surface area contributed by atoms with E-state index in [4.69, 9.17) is 21.3 Å². The molecule has 2 bridgehead atoms. The van der Waals surface area contributed by atoms with E-state index in [9.17, 15) is 5.11 Å². The zero-order chi connectivity index (χ0) is 22.5. The highest BCUT2D eigenvalue weighted by molar-refractivity contribution is 7.18. The van der Waals surface area contributed by atoms with Gasteiger partial charge in [0.2, 0.25) is 0 Å². The number of aromatic amines is 1. The number of hydrogen-bond donors (Lipinski definition) is 2. The fraction of sp³-hybridized carbons (Fsp3) is 0.423. The minimum atomic E-state index is -0.513. The summed E-state index contributed by atoms with van der Waals surface area (Å²) < 4.78 is 7.22. The molecular formula is C26H28ClN3O2S. The highest BCUT2D eigenvalue weighted by Crippen LogP contribution is 2.45. The molecule has 1 unspecified atom stereocenters. The summed E-state index contributed by atoms with van der Waals surface area (Å²) in [6.45, 7) is 3.01. The molecular weight excluding hydrogens is 454 g/mol. The lowest BCUT2D eigenvalue weighted by Gasteiger charge is -2.39. The maximum absolute atomic E-state index is 10.8. The molecule has 0 saturated carbocycles. The van der Waals surface area contributed by atoms with Crippen molar-refractivity contribution in [3.05, 3.63) is 58.2 Å². The predicted octanol–water partition coefficient (Wildman–Crippen LogP) is 5.89. The number of aromatic nitrogens is 2. The Bertz CT molecular complexity index is 1290. The van der Waals surface area contributed by atoms with Crippen LogP contribution in [0.1, 0.15) is 42.3 Å². The van der Waals surface area contributed by atoms with Crippen molar-refractivity contribution in [2.75, 3.05) is 13.2 Å². The summed E-state index contributed by atoms with van der Waals surface area (Å²) in [5.41, 5.74) is 3.11. The molecule has 2 fully saturated rings. The van der Waals surface area contributed by atoms with E-state index in [1.54, 1.807) is 11.3 Å². The average Bonchev–Trinajstić information content (AvgIpc) is 3.46. The number of rotatable bonds is 6. The quantitative estimate of drug-likeness (QED) is 0.360. The largest absolute Gasteiger partial charge is 0.490 e. The van der Waals surface area contributed by atoms with Gasteiger partial charge in [0.05, 0.1) is 14.7 Å². The molecule has 33 heavy (non-hydrogen) atoms. The van der Waals surface area contributed by atoms with Crippen LogP contribution in [0.15, 0.2) is 42.5 Å². The minimum Gasteiger partial charge on any atom is -0.490 e. The van der Waals surface area contributed by atoms with Gasteiger partial charge in [0, 0.05) is 41.1 Å². The van der Waals surface area contributed by atoms with Gasteiger partial charge < -0.3 is 14.8 Å². The molecule has 4 heterocycles. The van der Waals surface area contributed by atoms with Crippen LogP contribution in [0.25, 0.3) is 21.1 Å². The number of nitrogens with zero attached hydrogens (tertiary/aromatic N) is 2. The smallest absolute Gasteiger partial charge is 0.128 e. The maximum Gasteiger partial charge on any atom is 0.128 e. The highest BCUT2D eigenvalue weighted by Gasteiger charge is 2.42. The number of hydrogen-bond acceptors (Lipinski definition) is 5. The van der Waals surface area contributed by atoms with Crippen molar-refractivity contribution in [2.24, 2.45) is 0 Å². The van der Waals surface area contributed by atoms with Crippen LogP contribution in [0.2, 0.25) is 5.02 Å². The van der Waals surface area contributed by atoms with Crippen molar-refractivity contribution in [1.29, 1.82) is 0 Å². The lowest BCUT2D eigenvalue weighted by atomic mass is 9.91. The van der Waals surface area contributed by atoms with E-state index in [-0.39, 0.29) is 0 Å². The summed E-state index contributed by atoms with van der Waals surface area (Å²) in [7, 11) is 0. The van der Waals surface area contributed by atoms with Gasteiger partial charge in [0.15, 0.2) is 0 Å². The molecule has 2 aliphatic heterocycles. The van der Waals surface area contributed by atoms with Crippen molar-refractivity contribution >= 4 is 44.1 Å². The van der Waals surface area contributed by atoms with Gasteiger partial charge in [0.1, 0.15) is 24.0 Å². The number of aliphatic hydroxyl groups excluding tert-OH is 1. The molecule has 0 radical (unpaired) electrons. The number of thiazole rings is 1. The zero-order valence-corrected chi connectivity index (χ0v) is 20.2. The number of aryl methyl sites for hydroxylation is 1. The van der Waals surface area contributed by atoms with Gasteiger partial charge in [0.25, 0.3) is 0 Å². The Hall–Kier alpha value is -2.12. The number of ether oxygens (including phenoxy) is 1. The van der Waals surface area contributed by atoms with Crippen LogP contribution in [0.4, 0.5) is 0 Å². The van der Waals surface area contributed by atoms with Gasteiger partial charge in [-0.2, -0.15) is 0 Å². The Kier molecular flexibility index (Phi) is 5.57. The number of para-hydroxylation sites is 1. The Labute approximate surface area is 202 Å². The van der Waals surface area contributed by atoms with Gasteiger partial charge in [-0.1, -0.05) is 23.7 Å². The third-order valence-corrected chi connectivity index (χ3v) is 8.72. The topological polar surface area (TPSA) is 61.4 Å². The standard InChI is InChI=1S/C26H28ClN3O2S/c1-15-10-20-22(28-15)5-3-6-23(20)32-14-19(31)13-30-17-8-9-18(30)12-16(11-17)26-29-25-21(27)4-2-7-24(25)33-26/h2-7,10,16-19,28,31H,8-9,11-14H2,1H3/t16?,17-,18+,19-/m0/s1. The van der Waals surface area contributed by atoms with Gasteiger partial charge in [-0.25, -0.2) is 4.98 Å². The highest BCUT2D eigenvalue weighted by atomic mass is 35.5. The first-order valence-corrected chi connectivity index (χ1v) is 12.9. The molecule has 2 N–H and O–H groups in total.